The smallest absolute Gasteiger partial charge is 0.269 e. The normalized spacial score (nSPS) is 13.2. The molecule has 0 fully saturated rings. The van der Waals surface area contributed by atoms with Gasteiger partial charge in [-0.3, -0.25) is 19.6 Å². The number of amides is 1. The Hall–Kier alpha value is -2.74. The number of non-ortho nitro benzene ring substituents is 1. The first-order valence-electron chi connectivity index (χ1n) is 8.63. The van der Waals surface area contributed by atoms with E-state index in [-0.39, 0.29) is 23.7 Å². The van der Waals surface area contributed by atoms with Crippen molar-refractivity contribution >= 4 is 11.6 Å². The van der Waals surface area contributed by atoms with Crippen LogP contribution in [0.25, 0.3) is 11.3 Å². The number of hydrogen-bond donors (Lipinski definition) is 2. The molecule has 2 atom stereocenters. The molecule has 1 aromatic heterocycles. The monoisotopic (exact) mass is 359 g/mol. The number of nitrogens with zero attached hydrogens (tertiary/aromatic N) is 3. The summed E-state index contributed by atoms with van der Waals surface area (Å²) in [5.41, 5.74) is 2.50. The van der Waals surface area contributed by atoms with Crippen LogP contribution in [0.4, 0.5) is 5.69 Å². The molecular formula is C18H25N5O3. The summed E-state index contributed by atoms with van der Waals surface area (Å²) in [4.78, 5) is 22.5. The van der Waals surface area contributed by atoms with Gasteiger partial charge in [0.15, 0.2) is 0 Å². The summed E-state index contributed by atoms with van der Waals surface area (Å²) in [7, 11) is 1.82. The lowest BCUT2D eigenvalue weighted by Crippen LogP contribution is -2.45. The molecule has 8 nitrogen and oxygen atoms in total. The van der Waals surface area contributed by atoms with Gasteiger partial charge in [-0.2, -0.15) is 5.10 Å². The van der Waals surface area contributed by atoms with Crippen molar-refractivity contribution in [2.75, 3.05) is 0 Å². The minimum atomic E-state index is -0.428. The molecular weight excluding hydrogens is 334 g/mol. The van der Waals surface area contributed by atoms with Crippen molar-refractivity contribution in [2.24, 2.45) is 7.05 Å². The van der Waals surface area contributed by atoms with Gasteiger partial charge in [-0.05, 0) is 32.4 Å². The fourth-order valence-electron chi connectivity index (χ4n) is 2.48. The molecule has 1 aromatic carbocycles. The van der Waals surface area contributed by atoms with E-state index in [0.29, 0.717) is 6.54 Å². The molecule has 0 aliphatic heterocycles. The van der Waals surface area contributed by atoms with Crippen LogP contribution in [0, 0.1) is 10.1 Å². The van der Waals surface area contributed by atoms with Crippen LogP contribution in [0.15, 0.2) is 30.5 Å². The van der Waals surface area contributed by atoms with Crippen LogP contribution in [0.5, 0.6) is 0 Å². The molecule has 0 spiro atoms. The van der Waals surface area contributed by atoms with Crippen LogP contribution in [-0.2, 0) is 18.4 Å². The van der Waals surface area contributed by atoms with Gasteiger partial charge in [0.25, 0.3) is 5.69 Å². The second-order valence-electron chi connectivity index (χ2n) is 6.40. The average molecular weight is 359 g/mol. The lowest BCUT2D eigenvalue weighted by atomic mass is 10.1. The molecule has 2 N–H and O–H groups in total. The summed E-state index contributed by atoms with van der Waals surface area (Å²) >= 11 is 0. The summed E-state index contributed by atoms with van der Waals surface area (Å²) in [6.07, 6.45) is 2.76. The minimum Gasteiger partial charge on any atom is -0.352 e. The minimum absolute atomic E-state index is 0.0414. The first-order valence-corrected chi connectivity index (χ1v) is 8.63. The molecule has 0 saturated heterocycles. The third-order valence-corrected chi connectivity index (χ3v) is 4.25. The van der Waals surface area contributed by atoms with Crippen molar-refractivity contribution < 1.29 is 9.72 Å². The Labute approximate surface area is 152 Å². The highest BCUT2D eigenvalue weighted by Gasteiger charge is 2.17. The number of aromatic nitrogens is 2. The number of aryl methyl sites for hydroxylation is 1. The van der Waals surface area contributed by atoms with Crippen molar-refractivity contribution in [1.82, 2.24) is 20.4 Å². The highest BCUT2D eigenvalue weighted by atomic mass is 16.6. The second kappa shape index (κ2) is 8.57. The topological polar surface area (TPSA) is 102 Å². The molecule has 1 amide bonds. The molecule has 0 bridgehead atoms. The third kappa shape index (κ3) is 4.89. The highest BCUT2D eigenvalue weighted by molar-refractivity contribution is 5.81. The van der Waals surface area contributed by atoms with Gasteiger partial charge in [0.05, 0.1) is 16.7 Å². The van der Waals surface area contributed by atoms with Crippen molar-refractivity contribution in [2.45, 2.75) is 45.8 Å². The average Bonchev–Trinajstić information content (AvgIpc) is 3.00. The van der Waals surface area contributed by atoms with E-state index in [2.05, 4.69) is 15.7 Å². The maximum Gasteiger partial charge on any atom is 0.269 e. The van der Waals surface area contributed by atoms with Gasteiger partial charge in [-0.15, -0.1) is 0 Å². The summed E-state index contributed by atoms with van der Waals surface area (Å²) in [5.74, 6) is -0.0415. The maximum atomic E-state index is 12.1. The van der Waals surface area contributed by atoms with E-state index in [0.717, 1.165) is 23.2 Å². The number of rotatable bonds is 8. The molecule has 0 aliphatic rings. The molecule has 0 aliphatic carbocycles. The van der Waals surface area contributed by atoms with Crippen LogP contribution >= 0.6 is 0 Å². The fourth-order valence-corrected chi connectivity index (χ4v) is 2.48. The Balaban J connectivity index is 2.09. The molecule has 26 heavy (non-hydrogen) atoms. The number of nitro groups is 1. The summed E-state index contributed by atoms with van der Waals surface area (Å²) < 4.78 is 1.69. The lowest BCUT2D eigenvalue weighted by molar-refractivity contribution is -0.384. The van der Waals surface area contributed by atoms with E-state index in [1.807, 2.05) is 34.0 Å². The predicted octanol–water partition coefficient (Wildman–Crippen LogP) is 2.39. The molecule has 2 unspecified atom stereocenters. The van der Waals surface area contributed by atoms with E-state index in [1.165, 1.54) is 12.1 Å². The van der Waals surface area contributed by atoms with Gasteiger partial charge < -0.3 is 10.6 Å². The Bertz CT molecular complexity index is 770. The lowest BCUT2D eigenvalue weighted by Gasteiger charge is -2.17. The molecule has 8 heteroatoms. The molecule has 2 rings (SSSR count). The van der Waals surface area contributed by atoms with Crippen molar-refractivity contribution in [3.05, 3.63) is 46.1 Å². The number of carbonyl (C=O) groups excluding carboxylic acids is 1. The maximum absolute atomic E-state index is 12.1. The highest BCUT2D eigenvalue weighted by Crippen LogP contribution is 2.24. The number of hydrogen-bond acceptors (Lipinski definition) is 5. The summed E-state index contributed by atoms with van der Waals surface area (Å²) in [6.45, 7) is 6.28. The zero-order valence-corrected chi connectivity index (χ0v) is 15.5. The zero-order valence-electron chi connectivity index (χ0n) is 15.5. The van der Waals surface area contributed by atoms with E-state index < -0.39 is 4.92 Å². The molecule has 2 aromatic rings. The Morgan fingerprint density at radius 3 is 2.54 bits per heavy atom. The van der Waals surface area contributed by atoms with Crippen molar-refractivity contribution in [3.63, 3.8) is 0 Å². The standard InChI is InChI=1S/C18H25N5O3/c1-5-12(2)20-18(24)13(3)19-10-15-11-22(4)21-17(15)14-6-8-16(9-7-14)23(25)26/h6-9,11-13,19H,5,10H2,1-4H3,(H,20,24). The van der Waals surface area contributed by atoms with Crippen LogP contribution in [-0.4, -0.2) is 32.7 Å². The third-order valence-electron chi connectivity index (χ3n) is 4.25. The molecule has 1 heterocycles. The summed E-state index contributed by atoms with van der Waals surface area (Å²) in [5, 5.41) is 21.4. The Kier molecular flexibility index (Phi) is 6.46. The predicted molar refractivity (Wildman–Crippen MR) is 99.5 cm³/mol. The Morgan fingerprint density at radius 1 is 1.31 bits per heavy atom. The van der Waals surface area contributed by atoms with Crippen molar-refractivity contribution in [3.8, 4) is 11.3 Å². The second-order valence-corrected chi connectivity index (χ2v) is 6.40. The largest absolute Gasteiger partial charge is 0.352 e. The number of nitro benzene ring substituents is 1. The van der Waals surface area contributed by atoms with Gasteiger partial charge in [-0.1, -0.05) is 6.92 Å². The van der Waals surface area contributed by atoms with E-state index in [9.17, 15) is 14.9 Å². The van der Waals surface area contributed by atoms with Gasteiger partial charge >= 0.3 is 0 Å². The quantitative estimate of drug-likeness (QED) is 0.556. The molecule has 0 radical (unpaired) electrons. The van der Waals surface area contributed by atoms with E-state index >= 15 is 0 Å². The van der Waals surface area contributed by atoms with Gasteiger partial charge in [-0.25, -0.2) is 0 Å². The first-order chi connectivity index (χ1) is 12.3. The fraction of sp³-hybridized carbons (Fsp3) is 0.444. The van der Waals surface area contributed by atoms with Crippen molar-refractivity contribution in [1.29, 1.82) is 0 Å². The molecule has 140 valence electrons. The van der Waals surface area contributed by atoms with E-state index in [4.69, 9.17) is 0 Å². The number of nitrogens with one attached hydrogen (secondary N) is 2. The van der Waals surface area contributed by atoms with Crippen LogP contribution in [0.1, 0.15) is 32.8 Å². The van der Waals surface area contributed by atoms with Crippen LogP contribution in [0.3, 0.4) is 0 Å². The SMILES string of the molecule is CCC(C)NC(=O)C(C)NCc1cn(C)nc1-c1ccc([N+](=O)[O-])cc1. The Morgan fingerprint density at radius 2 is 1.96 bits per heavy atom. The number of carbonyl (C=O) groups is 1. The molecule has 0 saturated carbocycles. The van der Waals surface area contributed by atoms with E-state index in [1.54, 1.807) is 16.8 Å². The van der Waals surface area contributed by atoms with Crippen LogP contribution in [0.2, 0.25) is 0 Å². The first kappa shape index (κ1) is 19.6. The van der Waals surface area contributed by atoms with Crippen LogP contribution < -0.4 is 10.6 Å². The van der Waals surface area contributed by atoms with Gasteiger partial charge in [0, 0.05) is 49.1 Å². The van der Waals surface area contributed by atoms with Gasteiger partial charge in [0.2, 0.25) is 5.91 Å². The number of benzene rings is 1. The summed E-state index contributed by atoms with van der Waals surface area (Å²) in [6, 6.07) is 6.09. The zero-order chi connectivity index (χ0) is 19.3. The van der Waals surface area contributed by atoms with Gasteiger partial charge in [0.1, 0.15) is 0 Å².